The van der Waals surface area contributed by atoms with Crippen molar-refractivity contribution in [3.05, 3.63) is 41.7 Å². The molecule has 0 N–H and O–H groups in total. The minimum atomic E-state index is 0.522. The van der Waals surface area contributed by atoms with Gasteiger partial charge in [0.15, 0.2) is 6.29 Å². The summed E-state index contributed by atoms with van der Waals surface area (Å²) in [6, 6.07) is 9.12. The van der Waals surface area contributed by atoms with Gasteiger partial charge in [-0.3, -0.25) is 4.79 Å². The topological polar surface area (TPSA) is 39.4 Å². The molecule has 0 bridgehead atoms. The number of ether oxygens (including phenoxy) is 1. The van der Waals surface area contributed by atoms with Gasteiger partial charge in [0.05, 0.1) is 18.2 Å². The quantitative estimate of drug-likeness (QED) is 0.740. The molecule has 3 nitrogen and oxygen atoms in total. The molecule has 2 rings (SSSR count). The van der Waals surface area contributed by atoms with Crippen molar-refractivity contribution >= 4 is 6.29 Å². The van der Waals surface area contributed by atoms with Gasteiger partial charge in [-0.25, -0.2) is 0 Å². The fourth-order valence-corrected chi connectivity index (χ4v) is 1.65. The van der Waals surface area contributed by atoms with E-state index in [2.05, 4.69) is 0 Å². The van der Waals surface area contributed by atoms with Gasteiger partial charge >= 0.3 is 0 Å². The predicted octanol–water partition coefficient (Wildman–Crippen LogP) is 3.08. The van der Waals surface area contributed by atoms with Gasteiger partial charge in [-0.15, -0.1) is 0 Å². The lowest BCUT2D eigenvalue weighted by Crippen LogP contribution is -1.92. The third-order valence-electron chi connectivity index (χ3n) is 2.38. The Balaban J connectivity index is 2.60. The van der Waals surface area contributed by atoms with E-state index >= 15 is 0 Å². The number of para-hydroxylation sites is 1. The number of methoxy groups -OCH3 is 1. The SMILES string of the molecule is COc1c(C=O)cccc1-c1ccc(C)o1. The number of hydrogen-bond acceptors (Lipinski definition) is 3. The molecule has 2 aromatic rings. The number of rotatable bonds is 3. The van der Waals surface area contributed by atoms with E-state index in [4.69, 9.17) is 9.15 Å². The fraction of sp³-hybridized carbons (Fsp3) is 0.154. The molecule has 82 valence electrons. The van der Waals surface area contributed by atoms with E-state index < -0.39 is 0 Å². The van der Waals surface area contributed by atoms with E-state index in [0.29, 0.717) is 17.1 Å². The molecule has 0 aliphatic carbocycles. The number of carbonyl (C=O) groups is 1. The van der Waals surface area contributed by atoms with E-state index in [1.165, 1.54) is 0 Å². The molecule has 1 heterocycles. The van der Waals surface area contributed by atoms with Gasteiger partial charge in [0, 0.05) is 0 Å². The number of furan rings is 1. The summed E-state index contributed by atoms with van der Waals surface area (Å²) in [4.78, 5) is 10.9. The van der Waals surface area contributed by atoms with Crippen LogP contribution in [0, 0.1) is 6.92 Å². The van der Waals surface area contributed by atoms with Crippen LogP contribution in [0.4, 0.5) is 0 Å². The van der Waals surface area contributed by atoms with Gasteiger partial charge in [-0.2, -0.15) is 0 Å². The Labute approximate surface area is 93.7 Å². The Morgan fingerprint density at radius 1 is 1.25 bits per heavy atom. The van der Waals surface area contributed by atoms with Crippen LogP contribution in [0.3, 0.4) is 0 Å². The van der Waals surface area contributed by atoms with Crippen LogP contribution in [0.25, 0.3) is 11.3 Å². The summed E-state index contributed by atoms with van der Waals surface area (Å²) in [5.41, 5.74) is 1.31. The van der Waals surface area contributed by atoms with Crippen molar-refractivity contribution in [2.75, 3.05) is 7.11 Å². The maximum Gasteiger partial charge on any atom is 0.153 e. The molecule has 3 heteroatoms. The van der Waals surface area contributed by atoms with Crippen molar-refractivity contribution in [2.24, 2.45) is 0 Å². The molecule has 0 aliphatic rings. The van der Waals surface area contributed by atoms with Crippen LogP contribution in [-0.2, 0) is 0 Å². The largest absolute Gasteiger partial charge is 0.495 e. The second-order valence-electron chi connectivity index (χ2n) is 3.46. The molecule has 1 aromatic carbocycles. The summed E-state index contributed by atoms with van der Waals surface area (Å²) in [6.45, 7) is 1.87. The highest BCUT2D eigenvalue weighted by Crippen LogP contribution is 2.33. The van der Waals surface area contributed by atoms with E-state index in [9.17, 15) is 4.79 Å². The lowest BCUT2D eigenvalue weighted by atomic mass is 10.1. The third-order valence-corrected chi connectivity index (χ3v) is 2.38. The molecule has 0 unspecified atom stereocenters. The molecule has 0 saturated carbocycles. The van der Waals surface area contributed by atoms with E-state index in [-0.39, 0.29) is 0 Å². The van der Waals surface area contributed by atoms with E-state index in [1.807, 2.05) is 25.1 Å². The second-order valence-corrected chi connectivity index (χ2v) is 3.46. The van der Waals surface area contributed by atoms with Gasteiger partial charge < -0.3 is 9.15 Å². The highest BCUT2D eigenvalue weighted by atomic mass is 16.5. The van der Waals surface area contributed by atoms with Crippen LogP contribution in [-0.4, -0.2) is 13.4 Å². The van der Waals surface area contributed by atoms with Crippen LogP contribution in [0.1, 0.15) is 16.1 Å². The first kappa shape index (κ1) is 10.5. The normalized spacial score (nSPS) is 10.1. The standard InChI is InChI=1S/C13H12O3/c1-9-6-7-12(16-9)11-5-3-4-10(8-14)13(11)15-2/h3-8H,1-2H3. The Bertz CT molecular complexity index is 512. The second kappa shape index (κ2) is 4.23. The molecule has 16 heavy (non-hydrogen) atoms. The molecule has 1 aromatic heterocycles. The first-order chi connectivity index (χ1) is 7.76. The lowest BCUT2D eigenvalue weighted by Gasteiger charge is -2.08. The highest BCUT2D eigenvalue weighted by Gasteiger charge is 2.12. The zero-order valence-corrected chi connectivity index (χ0v) is 9.19. The van der Waals surface area contributed by atoms with Gasteiger partial charge in [-0.1, -0.05) is 6.07 Å². The molecule has 0 saturated heterocycles. The molecule has 0 radical (unpaired) electrons. The van der Waals surface area contributed by atoms with E-state index in [0.717, 1.165) is 17.6 Å². The van der Waals surface area contributed by atoms with Crippen LogP contribution in [0.15, 0.2) is 34.7 Å². The van der Waals surface area contributed by atoms with E-state index in [1.54, 1.807) is 19.2 Å². The third kappa shape index (κ3) is 1.72. The number of aldehydes is 1. The maximum absolute atomic E-state index is 10.9. The summed E-state index contributed by atoms with van der Waals surface area (Å²) in [7, 11) is 1.54. The first-order valence-electron chi connectivity index (χ1n) is 4.95. The summed E-state index contributed by atoms with van der Waals surface area (Å²) < 4.78 is 10.8. The summed E-state index contributed by atoms with van der Waals surface area (Å²) in [5, 5.41) is 0. The van der Waals surface area contributed by atoms with Crippen LogP contribution >= 0.6 is 0 Å². The van der Waals surface area contributed by atoms with Gasteiger partial charge in [0.1, 0.15) is 17.3 Å². The van der Waals surface area contributed by atoms with Crippen molar-refractivity contribution in [3.8, 4) is 17.1 Å². The average molecular weight is 216 g/mol. The Morgan fingerprint density at radius 3 is 2.62 bits per heavy atom. The summed E-state index contributed by atoms with van der Waals surface area (Å²) >= 11 is 0. The molecule has 0 spiro atoms. The number of aryl methyl sites for hydroxylation is 1. The van der Waals surface area contributed by atoms with Crippen molar-refractivity contribution in [1.82, 2.24) is 0 Å². The predicted molar refractivity (Wildman–Crippen MR) is 60.8 cm³/mol. The number of benzene rings is 1. The smallest absolute Gasteiger partial charge is 0.153 e. The lowest BCUT2D eigenvalue weighted by molar-refractivity contribution is 0.112. The highest BCUT2D eigenvalue weighted by molar-refractivity contribution is 5.85. The molecule has 0 atom stereocenters. The van der Waals surface area contributed by atoms with Crippen LogP contribution in [0.5, 0.6) is 5.75 Å². The van der Waals surface area contributed by atoms with Gasteiger partial charge in [-0.05, 0) is 31.2 Å². The number of carbonyl (C=O) groups excluding carboxylic acids is 1. The monoisotopic (exact) mass is 216 g/mol. The van der Waals surface area contributed by atoms with Crippen molar-refractivity contribution in [2.45, 2.75) is 6.92 Å². The minimum Gasteiger partial charge on any atom is -0.495 e. The minimum absolute atomic E-state index is 0.522. The van der Waals surface area contributed by atoms with Gasteiger partial charge in [0.2, 0.25) is 0 Å². The molecule has 0 amide bonds. The van der Waals surface area contributed by atoms with Crippen molar-refractivity contribution in [3.63, 3.8) is 0 Å². The Hall–Kier alpha value is -2.03. The van der Waals surface area contributed by atoms with Crippen molar-refractivity contribution in [1.29, 1.82) is 0 Å². The summed E-state index contributed by atoms with van der Waals surface area (Å²) in [6.07, 6.45) is 0.776. The zero-order valence-electron chi connectivity index (χ0n) is 9.19. The Kier molecular flexibility index (Phi) is 2.77. The van der Waals surface area contributed by atoms with Crippen molar-refractivity contribution < 1.29 is 13.9 Å². The Morgan fingerprint density at radius 2 is 2.06 bits per heavy atom. The fourth-order valence-electron chi connectivity index (χ4n) is 1.65. The van der Waals surface area contributed by atoms with Gasteiger partial charge in [0.25, 0.3) is 0 Å². The van der Waals surface area contributed by atoms with Crippen LogP contribution in [0.2, 0.25) is 0 Å². The first-order valence-corrected chi connectivity index (χ1v) is 4.95. The summed E-state index contributed by atoms with van der Waals surface area (Å²) in [5.74, 6) is 2.08. The average Bonchev–Trinajstić information content (AvgIpc) is 2.74. The molecule has 0 fully saturated rings. The molecular formula is C13H12O3. The molecular weight excluding hydrogens is 204 g/mol. The maximum atomic E-state index is 10.9. The number of hydrogen-bond donors (Lipinski definition) is 0. The zero-order chi connectivity index (χ0) is 11.5. The molecule has 0 aliphatic heterocycles. The van der Waals surface area contributed by atoms with Crippen LogP contribution < -0.4 is 4.74 Å².